The molecule has 1 saturated carbocycles. The molecule has 2 N–H and O–H groups in total. The van der Waals surface area contributed by atoms with Gasteiger partial charge in [-0.15, -0.1) is 0 Å². The van der Waals surface area contributed by atoms with Gasteiger partial charge in [0.25, 0.3) is 0 Å². The summed E-state index contributed by atoms with van der Waals surface area (Å²) in [6.07, 6.45) is 10.2. The molecule has 0 bridgehead atoms. The lowest BCUT2D eigenvalue weighted by molar-refractivity contribution is 0.0776. The molecule has 0 spiro atoms. The lowest BCUT2D eigenvalue weighted by Crippen LogP contribution is -2.43. The second-order valence-corrected chi connectivity index (χ2v) is 7.36. The van der Waals surface area contributed by atoms with Crippen molar-refractivity contribution < 1.29 is 5.11 Å². The Morgan fingerprint density at radius 2 is 1.85 bits per heavy atom. The lowest BCUT2D eigenvalue weighted by atomic mass is 9.74. The van der Waals surface area contributed by atoms with E-state index in [9.17, 15) is 5.11 Å². The summed E-state index contributed by atoms with van der Waals surface area (Å²) in [5.74, 6) is 0. The lowest BCUT2D eigenvalue weighted by Gasteiger charge is -2.37. The molecule has 1 atom stereocenters. The summed E-state index contributed by atoms with van der Waals surface area (Å²) >= 11 is 0. The van der Waals surface area contributed by atoms with Gasteiger partial charge in [0.05, 0.1) is 0 Å². The van der Waals surface area contributed by atoms with E-state index in [1.54, 1.807) is 0 Å². The van der Waals surface area contributed by atoms with Crippen LogP contribution in [0.3, 0.4) is 0 Å². The zero-order valence-corrected chi connectivity index (χ0v) is 13.5. The first-order valence-corrected chi connectivity index (χ1v) is 8.73. The van der Waals surface area contributed by atoms with Crippen LogP contribution in [0.5, 0.6) is 0 Å². The van der Waals surface area contributed by atoms with E-state index in [2.05, 4.69) is 24.1 Å². The Morgan fingerprint density at radius 1 is 1.10 bits per heavy atom. The maximum Gasteiger partial charge on any atom is 0.0499 e. The zero-order chi connectivity index (χ0) is 14.4. The van der Waals surface area contributed by atoms with Crippen LogP contribution in [0.25, 0.3) is 0 Å². The monoisotopic (exact) mass is 282 g/mol. The van der Waals surface area contributed by atoms with Crippen LogP contribution in [0.2, 0.25) is 0 Å². The first-order chi connectivity index (χ1) is 9.65. The summed E-state index contributed by atoms with van der Waals surface area (Å²) in [4.78, 5) is 2.60. The molecule has 2 rings (SSSR count). The molecule has 0 aromatic rings. The van der Waals surface area contributed by atoms with Crippen molar-refractivity contribution in [1.82, 2.24) is 10.2 Å². The minimum atomic E-state index is 0.183. The molecule has 0 amide bonds. The largest absolute Gasteiger partial charge is 0.396 e. The van der Waals surface area contributed by atoms with Gasteiger partial charge in [0.15, 0.2) is 0 Å². The van der Waals surface area contributed by atoms with Crippen molar-refractivity contribution in [2.45, 2.75) is 77.3 Å². The number of aliphatic hydroxyl groups is 1. The van der Waals surface area contributed by atoms with Crippen molar-refractivity contribution >= 4 is 0 Å². The maximum absolute atomic E-state index is 9.79. The number of hydrogen-bond donors (Lipinski definition) is 2. The van der Waals surface area contributed by atoms with E-state index in [1.165, 1.54) is 64.5 Å². The van der Waals surface area contributed by atoms with E-state index < -0.39 is 0 Å². The molecule has 20 heavy (non-hydrogen) atoms. The Bertz CT molecular complexity index is 274. The number of nitrogens with one attached hydrogen (secondary N) is 1. The summed E-state index contributed by atoms with van der Waals surface area (Å²) < 4.78 is 0. The van der Waals surface area contributed by atoms with Crippen molar-refractivity contribution in [3.63, 3.8) is 0 Å². The minimum Gasteiger partial charge on any atom is -0.396 e. The predicted molar refractivity (Wildman–Crippen MR) is 85.0 cm³/mol. The van der Waals surface area contributed by atoms with Crippen LogP contribution in [-0.4, -0.2) is 48.3 Å². The fourth-order valence-corrected chi connectivity index (χ4v) is 3.89. The van der Waals surface area contributed by atoms with Gasteiger partial charge in [0.1, 0.15) is 0 Å². The third kappa shape index (κ3) is 4.44. The Kier molecular flexibility index (Phi) is 6.31. The fraction of sp³-hybridized carbons (Fsp3) is 1.00. The van der Waals surface area contributed by atoms with Crippen molar-refractivity contribution in [3.8, 4) is 0 Å². The third-order valence-corrected chi connectivity index (χ3v) is 5.51. The van der Waals surface area contributed by atoms with Gasteiger partial charge in [0.2, 0.25) is 0 Å². The second-order valence-electron chi connectivity index (χ2n) is 7.36. The molecular formula is C17H34N2O. The van der Waals surface area contributed by atoms with Gasteiger partial charge < -0.3 is 15.3 Å². The topological polar surface area (TPSA) is 35.5 Å². The van der Waals surface area contributed by atoms with Gasteiger partial charge in [-0.3, -0.25) is 0 Å². The van der Waals surface area contributed by atoms with Gasteiger partial charge in [-0.2, -0.15) is 0 Å². The van der Waals surface area contributed by atoms with Crippen LogP contribution in [-0.2, 0) is 0 Å². The number of likely N-dealkylation sites (tertiary alicyclic amines) is 1. The van der Waals surface area contributed by atoms with Crippen LogP contribution in [0, 0.1) is 5.41 Å². The van der Waals surface area contributed by atoms with Gasteiger partial charge in [-0.25, -0.2) is 0 Å². The van der Waals surface area contributed by atoms with E-state index in [4.69, 9.17) is 0 Å². The Labute approximate surface area is 125 Å². The smallest absolute Gasteiger partial charge is 0.0499 e. The highest BCUT2D eigenvalue weighted by molar-refractivity contribution is 4.86. The van der Waals surface area contributed by atoms with Crippen molar-refractivity contribution in [2.75, 3.05) is 26.2 Å². The number of rotatable bonds is 5. The SMILES string of the molecule is CC(C)N1CCCC(NCC2(CO)CCCCC2)CC1. The number of nitrogens with zero attached hydrogens (tertiary/aromatic N) is 1. The third-order valence-electron chi connectivity index (χ3n) is 5.51. The quantitative estimate of drug-likeness (QED) is 0.814. The maximum atomic E-state index is 9.79. The molecule has 0 aromatic heterocycles. The predicted octanol–water partition coefficient (Wildman–Crippen LogP) is 2.78. The summed E-state index contributed by atoms with van der Waals surface area (Å²) in [6.45, 7) is 8.47. The first-order valence-electron chi connectivity index (χ1n) is 8.73. The molecular weight excluding hydrogens is 248 g/mol. The molecule has 118 valence electrons. The van der Waals surface area contributed by atoms with Gasteiger partial charge in [-0.1, -0.05) is 19.3 Å². The first kappa shape index (κ1) is 16.3. The highest BCUT2D eigenvalue weighted by atomic mass is 16.3. The highest BCUT2D eigenvalue weighted by Crippen LogP contribution is 2.35. The van der Waals surface area contributed by atoms with Crippen molar-refractivity contribution in [1.29, 1.82) is 0 Å². The van der Waals surface area contributed by atoms with Crippen molar-refractivity contribution in [2.24, 2.45) is 5.41 Å². The average molecular weight is 282 g/mol. The molecule has 0 aromatic carbocycles. The summed E-state index contributed by atoms with van der Waals surface area (Å²) in [6, 6.07) is 1.33. The Morgan fingerprint density at radius 3 is 2.50 bits per heavy atom. The molecule has 1 heterocycles. The van der Waals surface area contributed by atoms with Crippen molar-refractivity contribution in [3.05, 3.63) is 0 Å². The van der Waals surface area contributed by atoms with E-state index >= 15 is 0 Å². The molecule has 1 aliphatic heterocycles. The summed E-state index contributed by atoms with van der Waals surface area (Å²) in [5, 5.41) is 13.6. The van der Waals surface area contributed by atoms with Crippen LogP contribution in [0.4, 0.5) is 0 Å². The normalized spacial score (nSPS) is 28.5. The summed E-state index contributed by atoms with van der Waals surface area (Å²) in [7, 11) is 0. The van der Waals surface area contributed by atoms with E-state index in [0.717, 1.165) is 6.54 Å². The Hall–Kier alpha value is -0.120. The van der Waals surface area contributed by atoms with Gasteiger partial charge >= 0.3 is 0 Å². The highest BCUT2D eigenvalue weighted by Gasteiger charge is 2.32. The van der Waals surface area contributed by atoms with Crippen LogP contribution in [0.1, 0.15) is 65.2 Å². The standard InChI is InChI=1S/C17H34N2O/c1-15(2)19-11-6-7-16(8-12-19)18-13-17(14-20)9-4-3-5-10-17/h15-16,18,20H,3-14H2,1-2H3. The molecule has 2 fully saturated rings. The molecule has 1 aliphatic carbocycles. The molecule has 1 unspecified atom stereocenters. The molecule has 1 saturated heterocycles. The second kappa shape index (κ2) is 7.77. The molecule has 3 nitrogen and oxygen atoms in total. The van der Waals surface area contributed by atoms with E-state index in [0.29, 0.717) is 18.7 Å². The molecule has 2 aliphatic rings. The fourth-order valence-electron chi connectivity index (χ4n) is 3.89. The van der Waals surface area contributed by atoms with Crippen LogP contribution in [0.15, 0.2) is 0 Å². The zero-order valence-electron chi connectivity index (χ0n) is 13.5. The summed E-state index contributed by atoms with van der Waals surface area (Å²) in [5.41, 5.74) is 0.183. The van der Waals surface area contributed by atoms with Gasteiger partial charge in [0, 0.05) is 30.7 Å². The van der Waals surface area contributed by atoms with E-state index in [-0.39, 0.29) is 5.41 Å². The number of hydrogen-bond acceptors (Lipinski definition) is 3. The minimum absolute atomic E-state index is 0.183. The average Bonchev–Trinajstić information content (AvgIpc) is 2.72. The van der Waals surface area contributed by atoms with Crippen LogP contribution >= 0.6 is 0 Å². The van der Waals surface area contributed by atoms with Gasteiger partial charge in [-0.05, 0) is 59.0 Å². The number of aliphatic hydroxyl groups excluding tert-OH is 1. The molecule has 0 radical (unpaired) electrons. The van der Waals surface area contributed by atoms with Crippen LogP contribution < -0.4 is 5.32 Å². The molecule has 3 heteroatoms. The Balaban J connectivity index is 1.78. The van der Waals surface area contributed by atoms with E-state index in [1.807, 2.05) is 0 Å².